The molecule has 29 heavy (non-hydrogen) atoms. The third-order valence-corrected chi connectivity index (χ3v) is 4.69. The van der Waals surface area contributed by atoms with Gasteiger partial charge in [0.1, 0.15) is 11.6 Å². The largest absolute Gasteiger partial charge is 0.494 e. The normalized spacial score (nSPS) is 10.8. The lowest BCUT2D eigenvalue weighted by molar-refractivity contribution is -0.140. The minimum atomic E-state index is -0.223. The van der Waals surface area contributed by atoms with E-state index in [0.717, 1.165) is 33.9 Å². The summed E-state index contributed by atoms with van der Waals surface area (Å²) in [5, 5.41) is 0. The van der Waals surface area contributed by atoms with Crippen LogP contribution in [0, 0.1) is 0 Å². The number of rotatable bonds is 7. The molecule has 0 unspecified atom stereocenters. The molecule has 0 saturated carbocycles. The highest BCUT2D eigenvalue weighted by atomic mass is 16.5. The maximum absolute atomic E-state index is 11.2. The molecule has 3 aromatic carbocycles. The molecular weight excluding hydrogens is 364 g/mol. The summed E-state index contributed by atoms with van der Waals surface area (Å²) in [6.45, 7) is 0.450. The number of imidazole rings is 1. The van der Waals surface area contributed by atoms with Crippen LogP contribution in [-0.4, -0.2) is 29.2 Å². The van der Waals surface area contributed by atoms with Gasteiger partial charge in [-0.25, -0.2) is 4.98 Å². The molecule has 5 heteroatoms. The number of para-hydroxylation sites is 1. The van der Waals surface area contributed by atoms with Gasteiger partial charge in [0, 0.05) is 23.7 Å². The van der Waals surface area contributed by atoms with Gasteiger partial charge in [0.2, 0.25) is 0 Å². The second-order valence-corrected chi connectivity index (χ2v) is 6.65. The summed E-state index contributed by atoms with van der Waals surface area (Å²) in [7, 11) is 1.40. The fourth-order valence-electron chi connectivity index (χ4n) is 3.27. The van der Waals surface area contributed by atoms with Gasteiger partial charge >= 0.3 is 5.97 Å². The van der Waals surface area contributed by atoms with Gasteiger partial charge in [-0.2, -0.15) is 0 Å². The molecular formula is C24H22N2O3. The van der Waals surface area contributed by atoms with Gasteiger partial charge in [0.15, 0.2) is 0 Å². The molecule has 0 bridgehead atoms. The van der Waals surface area contributed by atoms with Gasteiger partial charge in [-0.3, -0.25) is 9.36 Å². The molecule has 1 aromatic heterocycles. The minimum absolute atomic E-state index is 0.223. The Kier molecular flexibility index (Phi) is 5.56. The molecule has 4 aromatic rings. The van der Waals surface area contributed by atoms with E-state index >= 15 is 0 Å². The second-order valence-electron chi connectivity index (χ2n) is 6.65. The fraction of sp³-hybridized carbons (Fsp3) is 0.167. The lowest BCUT2D eigenvalue weighted by Crippen LogP contribution is -2.04. The van der Waals surface area contributed by atoms with Gasteiger partial charge in [-0.15, -0.1) is 0 Å². The fourth-order valence-corrected chi connectivity index (χ4v) is 3.27. The number of hydrogen-bond acceptors (Lipinski definition) is 4. The molecule has 0 aliphatic rings. The van der Waals surface area contributed by atoms with Gasteiger partial charge < -0.3 is 9.47 Å². The van der Waals surface area contributed by atoms with Crippen molar-refractivity contribution in [3.05, 3.63) is 78.9 Å². The first-order valence-electron chi connectivity index (χ1n) is 9.59. The van der Waals surface area contributed by atoms with Crippen LogP contribution in [-0.2, 0) is 9.53 Å². The van der Waals surface area contributed by atoms with Crippen LogP contribution in [0.4, 0.5) is 0 Å². The van der Waals surface area contributed by atoms with E-state index in [4.69, 9.17) is 9.72 Å². The van der Waals surface area contributed by atoms with Gasteiger partial charge in [-0.1, -0.05) is 48.5 Å². The van der Waals surface area contributed by atoms with Crippen molar-refractivity contribution in [1.82, 2.24) is 9.55 Å². The Morgan fingerprint density at radius 3 is 2.41 bits per heavy atom. The molecule has 0 aliphatic heterocycles. The van der Waals surface area contributed by atoms with Crippen molar-refractivity contribution in [3.63, 3.8) is 0 Å². The molecule has 0 N–H and O–H groups in total. The summed E-state index contributed by atoms with van der Waals surface area (Å²) >= 11 is 0. The standard InChI is InChI=1S/C24H22N2O3/c1-28-23(27)13-8-16-29-20-14-15-21-22(17-20)26(19-11-6-3-7-12-19)24(25-21)18-9-4-2-5-10-18/h2-7,9-12,14-15,17H,8,13,16H2,1H3. The van der Waals surface area contributed by atoms with Gasteiger partial charge in [0.05, 0.1) is 24.8 Å². The lowest BCUT2D eigenvalue weighted by atomic mass is 10.2. The maximum Gasteiger partial charge on any atom is 0.305 e. The molecule has 146 valence electrons. The third kappa shape index (κ3) is 4.14. The van der Waals surface area contributed by atoms with Gasteiger partial charge in [0.25, 0.3) is 0 Å². The molecule has 1 heterocycles. The highest BCUT2D eigenvalue weighted by Gasteiger charge is 2.15. The van der Waals surface area contributed by atoms with Crippen LogP contribution in [0.5, 0.6) is 5.75 Å². The number of fused-ring (bicyclic) bond motifs is 1. The Morgan fingerprint density at radius 2 is 1.69 bits per heavy atom. The quantitative estimate of drug-likeness (QED) is 0.330. The zero-order chi connectivity index (χ0) is 20.1. The van der Waals surface area contributed by atoms with Crippen molar-refractivity contribution < 1.29 is 14.3 Å². The highest BCUT2D eigenvalue weighted by molar-refractivity contribution is 5.84. The SMILES string of the molecule is COC(=O)CCCOc1ccc2nc(-c3ccccc3)n(-c3ccccc3)c2c1. The number of methoxy groups -OCH3 is 1. The molecule has 5 nitrogen and oxygen atoms in total. The maximum atomic E-state index is 11.2. The Bertz CT molecular complexity index is 1110. The van der Waals surface area contributed by atoms with Crippen LogP contribution in [0.25, 0.3) is 28.1 Å². The van der Waals surface area contributed by atoms with E-state index in [0.29, 0.717) is 19.4 Å². The predicted octanol–water partition coefficient (Wildman–Crippen LogP) is 5.02. The Labute approximate surface area is 169 Å². The highest BCUT2D eigenvalue weighted by Crippen LogP contribution is 2.30. The van der Waals surface area contributed by atoms with Crippen LogP contribution < -0.4 is 4.74 Å². The summed E-state index contributed by atoms with van der Waals surface area (Å²) in [5.41, 5.74) is 3.96. The van der Waals surface area contributed by atoms with E-state index in [9.17, 15) is 4.79 Å². The predicted molar refractivity (Wildman–Crippen MR) is 113 cm³/mol. The van der Waals surface area contributed by atoms with E-state index in [-0.39, 0.29) is 5.97 Å². The van der Waals surface area contributed by atoms with E-state index in [1.54, 1.807) is 0 Å². The van der Waals surface area contributed by atoms with Crippen LogP contribution in [0.15, 0.2) is 78.9 Å². The van der Waals surface area contributed by atoms with E-state index in [2.05, 4.69) is 33.6 Å². The van der Waals surface area contributed by atoms with Crippen molar-refractivity contribution in [1.29, 1.82) is 0 Å². The number of carbonyl (C=O) groups excluding carboxylic acids is 1. The summed E-state index contributed by atoms with van der Waals surface area (Å²) in [6.07, 6.45) is 0.955. The van der Waals surface area contributed by atoms with E-state index < -0.39 is 0 Å². The van der Waals surface area contributed by atoms with Crippen molar-refractivity contribution in [2.45, 2.75) is 12.8 Å². The summed E-state index contributed by atoms with van der Waals surface area (Å²) in [6, 6.07) is 26.2. The molecule has 0 atom stereocenters. The van der Waals surface area contributed by atoms with Crippen LogP contribution in [0.2, 0.25) is 0 Å². The summed E-state index contributed by atoms with van der Waals surface area (Å²) < 4.78 is 12.7. The third-order valence-electron chi connectivity index (χ3n) is 4.69. The van der Waals surface area contributed by atoms with Crippen molar-refractivity contribution in [2.24, 2.45) is 0 Å². The number of nitrogens with zero attached hydrogens (tertiary/aromatic N) is 2. The first kappa shape index (κ1) is 18.7. The number of aromatic nitrogens is 2. The molecule has 0 saturated heterocycles. The lowest BCUT2D eigenvalue weighted by Gasteiger charge is -2.10. The average molecular weight is 386 g/mol. The summed E-state index contributed by atoms with van der Waals surface area (Å²) in [4.78, 5) is 16.1. The topological polar surface area (TPSA) is 53.4 Å². The van der Waals surface area contributed by atoms with E-state index in [1.807, 2.05) is 54.6 Å². The zero-order valence-electron chi connectivity index (χ0n) is 16.2. The molecule has 0 radical (unpaired) electrons. The Morgan fingerprint density at radius 1 is 0.966 bits per heavy atom. The van der Waals surface area contributed by atoms with Crippen molar-refractivity contribution in [3.8, 4) is 22.8 Å². The molecule has 0 amide bonds. The average Bonchev–Trinajstić information content (AvgIpc) is 3.16. The first-order chi connectivity index (χ1) is 14.3. The zero-order valence-corrected chi connectivity index (χ0v) is 16.2. The number of benzene rings is 3. The number of carbonyl (C=O) groups is 1. The second kappa shape index (κ2) is 8.61. The van der Waals surface area contributed by atoms with Crippen LogP contribution in [0.1, 0.15) is 12.8 Å². The van der Waals surface area contributed by atoms with E-state index in [1.165, 1.54) is 7.11 Å². The van der Waals surface area contributed by atoms with Crippen LogP contribution in [0.3, 0.4) is 0 Å². The van der Waals surface area contributed by atoms with Gasteiger partial charge in [-0.05, 0) is 30.7 Å². The smallest absolute Gasteiger partial charge is 0.305 e. The number of esters is 1. The molecule has 0 fully saturated rings. The molecule has 0 aliphatic carbocycles. The Hall–Kier alpha value is -3.60. The Balaban J connectivity index is 1.71. The summed E-state index contributed by atoms with van der Waals surface area (Å²) in [5.74, 6) is 1.41. The number of hydrogen-bond donors (Lipinski definition) is 0. The minimum Gasteiger partial charge on any atom is -0.494 e. The van der Waals surface area contributed by atoms with Crippen molar-refractivity contribution in [2.75, 3.05) is 13.7 Å². The molecule has 4 rings (SSSR count). The first-order valence-corrected chi connectivity index (χ1v) is 9.59. The van der Waals surface area contributed by atoms with Crippen molar-refractivity contribution >= 4 is 17.0 Å². The monoisotopic (exact) mass is 386 g/mol. The van der Waals surface area contributed by atoms with Crippen LogP contribution >= 0.6 is 0 Å². The molecule has 0 spiro atoms. The number of ether oxygens (including phenoxy) is 2.